The van der Waals surface area contributed by atoms with Gasteiger partial charge in [0.2, 0.25) is 0 Å². The van der Waals surface area contributed by atoms with Crippen LogP contribution in [0.1, 0.15) is 16.4 Å². The minimum Gasteiger partial charge on any atom is -0.361 e. The first-order chi connectivity index (χ1) is 12.7. The van der Waals surface area contributed by atoms with Crippen molar-refractivity contribution < 1.29 is 9.91 Å². The van der Waals surface area contributed by atoms with Crippen LogP contribution in [-0.4, -0.2) is 16.5 Å². The number of anilines is 1. The van der Waals surface area contributed by atoms with Gasteiger partial charge in [-0.2, -0.15) is 0 Å². The van der Waals surface area contributed by atoms with E-state index in [1.165, 1.54) is 21.9 Å². The van der Waals surface area contributed by atoms with Gasteiger partial charge in [-0.05, 0) is 29.1 Å². The van der Waals surface area contributed by atoms with Crippen LogP contribution in [0, 0.1) is 10.1 Å². The fourth-order valence-electron chi connectivity index (χ4n) is 3.16. The number of nitrogens with zero attached hydrogens (tertiary/aromatic N) is 1. The number of nitro groups is 1. The molecule has 3 N–H and O–H groups in total. The van der Waals surface area contributed by atoms with Crippen LogP contribution in [0.5, 0.6) is 0 Å². The molecule has 4 aromatic rings. The summed E-state index contributed by atoms with van der Waals surface area (Å²) in [6.07, 6.45) is 3.71. The average Bonchev–Trinajstić information content (AvgIpc) is 3.33. The molecule has 0 radical (unpaired) electrons. The Balaban J connectivity index is 1.69. The highest BCUT2D eigenvalue weighted by molar-refractivity contribution is 7.10. The molecule has 0 unspecified atom stereocenters. The molecular weight excluding hydrogens is 348 g/mol. The minimum absolute atomic E-state index is 0.0383. The number of pyridine rings is 1. The van der Waals surface area contributed by atoms with Gasteiger partial charge in [0.05, 0.1) is 23.6 Å². The molecule has 3 aromatic heterocycles. The lowest BCUT2D eigenvalue weighted by Crippen LogP contribution is -2.20. The van der Waals surface area contributed by atoms with E-state index in [0.717, 1.165) is 5.52 Å². The number of H-pyrrole nitrogens is 2. The van der Waals surface area contributed by atoms with Crippen LogP contribution < -0.4 is 10.3 Å². The number of para-hydroxylation sites is 1. The summed E-state index contributed by atoms with van der Waals surface area (Å²) >= 11 is 1.69. The van der Waals surface area contributed by atoms with Crippen molar-refractivity contribution >= 4 is 33.7 Å². The van der Waals surface area contributed by atoms with Gasteiger partial charge in [0.25, 0.3) is 0 Å². The SMILES string of the molecule is O=[N+]([O-])c1ccc[nH+]c1NC[C@H](c1cccs1)c1c[nH]c2ccccc12. The van der Waals surface area contributed by atoms with Gasteiger partial charge < -0.3 is 4.98 Å². The van der Waals surface area contributed by atoms with Crippen LogP contribution in [0.15, 0.2) is 66.3 Å². The van der Waals surface area contributed by atoms with Crippen LogP contribution in [0.3, 0.4) is 0 Å². The molecule has 3 heterocycles. The standard InChI is InChI=1S/C19H16N4O2S/c24-23(25)17-7-3-9-20-19(17)22-12-15(18-8-4-10-26-18)14-11-21-16-6-2-1-5-13(14)16/h1-11,15,21H,12H2,(H,20,22)/p+1/t15-/m0/s1. The summed E-state index contributed by atoms with van der Waals surface area (Å²) in [5, 5.41) is 17.7. The molecule has 0 saturated heterocycles. The van der Waals surface area contributed by atoms with Crippen molar-refractivity contribution in [2.75, 3.05) is 11.9 Å². The molecule has 1 atom stereocenters. The third-order valence-corrected chi connectivity index (χ3v) is 5.38. The van der Waals surface area contributed by atoms with Crippen LogP contribution in [-0.2, 0) is 0 Å². The zero-order valence-corrected chi connectivity index (χ0v) is 14.6. The number of hydrogen-bond acceptors (Lipinski definition) is 4. The highest BCUT2D eigenvalue weighted by Gasteiger charge is 2.25. The van der Waals surface area contributed by atoms with E-state index >= 15 is 0 Å². The van der Waals surface area contributed by atoms with Gasteiger partial charge in [0.1, 0.15) is 0 Å². The van der Waals surface area contributed by atoms with Crippen molar-refractivity contribution in [3.8, 4) is 0 Å². The molecule has 0 aliphatic rings. The van der Waals surface area contributed by atoms with Crippen molar-refractivity contribution in [3.63, 3.8) is 0 Å². The van der Waals surface area contributed by atoms with Gasteiger partial charge in [-0.25, -0.2) is 4.98 Å². The zero-order chi connectivity index (χ0) is 17.9. The third kappa shape index (κ3) is 3.04. The molecule has 0 amide bonds. The highest BCUT2D eigenvalue weighted by Crippen LogP contribution is 2.33. The number of aromatic amines is 2. The van der Waals surface area contributed by atoms with E-state index in [-0.39, 0.29) is 16.5 Å². The normalized spacial score (nSPS) is 12.2. The number of benzene rings is 1. The lowest BCUT2D eigenvalue weighted by atomic mass is 9.96. The molecule has 0 aliphatic heterocycles. The van der Waals surface area contributed by atoms with E-state index in [9.17, 15) is 10.1 Å². The second kappa shape index (κ2) is 6.97. The summed E-state index contributed by atoms with van der Waals surface area (Å²) in [4.78, 5) is 18.3. The van der Waals surface area contributed by atoms with Gasteiger partial charge in [-0.3, -0.25) is 15.4 Å². The summed E-state index contributed by atoms with van der Waals surface area (Å²) in [5.74, 6) is 0.498. The summed E-state index contributed by atoms with van der Waals surface area (Å²) < 4.78 is 0. The lowest BCUT2D eigenvalue weighted by Gasteiger charge is -2.13. The smallest absolute Gasteiger partial charge is 0.357 e. The van der Waals surface area contributed by atoms with E-state index in [1.54, 1.807) is 23.6 Å². The van der Waals surface area contributed by atoms with E-state index in [2.05, 4.69) is 27.4 Å². The molecule has 0 fully saturated rings. The number of rotatable bonds is 6. The first-order valence-electron chi connectivity index (χ1n) is 8.22. The number of fused-ring (bicyclic) bond motifs is 1. The van der Waals surface area contributed by atoms with Crippen molar-refractivity contribution in [1.82, 2.24) is 4.98 Å². The van der Waals surface area contributed by atoms with Gasteiger partial charge in [-0.15, -0.1) is 11.3 Å². The molecule has 130 valence electrons. The Bertz CT molecular complexity index is 1040. The summed E-state index contributed by atoms with van der Waals surface area (Å²) in [7, 11) is 0. The first-order valence-corrected chi connectivity index (χ1v) is 9.10. The van der Waals surface area contributed by atoms with Gasteiger partial charge in [0.15, 0.2) is 0 Å². The Morgan fingerprint density at radius 2 is 2.08 bits per heavy atom. The van der Waals surface area contributed by atoms with E-state index in [4.69, 9.17) is 0 Å². The predicted octanol–water partition coefficient (Wildman–Crippen LogP) is 4.20. The van der Waals surface area contributed by atoms with E-state index in [0.29, 0.717) is 12.4 Å². The van der Waals surface area contributed by atoms with E-state index in [1.807, 2.05) is 35.8 Å². The van der Waals surface area contributed by atoms with Gasteiger partial charge >= 0.3 is 11.5 Å². The molecule has 4 rings (SSSR count). The number of thiophene rings is 1. The maximum Gasteiger partial charge on any atom is 0.357 e. The maximum atomic E-state index is 11.2. The second-order valence-corrected chi connectivity index (χ2v) is 6.91. The Morgan fingerprint density at radius 3 is 2.88 bits per heavy atom. The summed E-state index contributed by atoms with van der Waals surface area (Å²) in [6.45, 7) is 0.545. The predicted molar refractivity (Wildman–Crippen MR) is 103 cm³/mol. The molecular formula is C19H17N4O2S+. The monoisotopic (exact) mass is 365 g/mol. The van der Waals surface area contributed by atoms with Gasteiger partial charge in [0, 0.05) is 28.0 Å². The third-order valence-electron chi connectivity index (χ3n) is 4.40. The minimum atomic E-state index is -0.384. The fourth-order valence-corrected chi connectivity index (χ4v) is 4.01. The maximum absolute atomic E-state index is 11.2. The van der Waals surface area contributed by atoms with Crippen molar-refractivity contribution in [2.45, 2.75) is 5.92 Å². The summed E-state index contributed by atoms with van der Waals surface area (Å²) in [5.41, 5.74) is 2.30. The van der Waals surface area contributed by atoms with Crippen LogP contribution in [0.4, 0.5) is 11.5 Å². The molecule has 0 saturated carbocycles. The summed E-state index contributed by atoms with van der Waals surface area (Å²) in [6, 6.07) is 15.4. The Hall–Kier alpha value is -3.19. The van der Waals surface area contributed by atoms with E-state index < -0.39 is 0 Å². The van der Waals surface area contributed by atoms with Crippen molar-refractivity contribution in [1.29, 1.82) is 0 Å². The topological polar surface area (TPSA) is 85.1 Å². The molecule has 0 bridgehead atoms. The van der Waals surface area contributed by atoms with Crippen LogP contribution >= 0.6 is 11.3 Å². The molecule has 7 heteroatoms. The quantitative estimate of drug-likeness (QED) is 0.397. The van der Waals surface area contributed by atoms with Gasteiger partial charge in [-0.1, -0.05) is 24.3 Å². The molecule has 0 spiro atoms. The fraction of sp³-hybridized carbons (Fsp3) is 0.105. The van der Waals surface area contributed by atoms with Crippen LogP contribution in [0.25, 0.3) is 10.9 Å². The zero-order valence-electron chi connectivity index (χ0n) is 13.8. The largest absolute Gasteiger partial charge is 0.361 e. The van der Waals surface area contributed by atoms with Crippen molar-refractivity contribution in [2.24, 2.45) is 0 Å². The Morgan fingerprint density at radius 1 is 1.19 bits per heavy atom. The first kappa shape index (κ1) is 16.3. The molecule has 6 nitrogen and oxygen atoms in total. The Labute approximate surface area is 153 Å². The Kier molecular flexibility index (Phi) is 4.37. The van der Waals surface area contributed by atoms with Crippen LogP contribution in [0.2, 0.25) is 0 Å². The molecule has 1 aromatic carbocycles. The number of hydrogen-bond donors (Lipinski definition) is 2. The second-order valence-electron chi connectivity index (χ2n) is 5.93. The highest BCUT2D eigenvalue weighted by atomic mass is 32.1. The number of nitrogens with one attached hydrogen (secondary N) is 3. The van der Waals surface area contributed by atoms with Crippen molar-refractivity contribution in [3.05, 3.63) is 86.9 Å². The lowest BCUT2D eigenvalue weighted by molar-refractivity contribution is -0.409. The molecule has 0 aliphatic carbocycles. The molecule has 26 heavy (non-hydrogen) atoms. The average molecular weight is 365 g/mol. The number of aromatic nitrogens is 2.